The van der Waals surface area contributed by atoms with Gasteiger partial charge in [0.1, 0.15) is 5.75 Å². The molecule has 0 saturated carbocycles. The van der Waals surface area contributed by atoms with Crippen molar-refractivity contribution in [1.29, 1.82) is 0 Å². The predicted octanol–water partition coefficient (Wildman–Crippen LogP) is 3.23. The molecule has 102 valence electrons. The molecule has 0 aromatic heterocycles. The Labute approximate surface area is 110 Å². The molecular weight excluding hydrogens is 228 g/mol. The van der Waals surface area contributed by atoms with Crippen molar-refractivity contribution in [3.05, 3.63) is 29.3 Å². The monoisotopic (exact) mass is 252 g/mol. The molecule has 1 rings (SSSR count). The molecule has 0 spiro atoms. The molecule has 0 radical (unpaired) electrons. The lowest BCUT2D eigenvalue weighted by Crippen LogP contribution is -2.14. The lowest BCUT2D eigenvalue weighted by atomic mass is 9.94. The number of hydrogen-bond acceptors (Lipinski definition) is 3. The van der Waals surface area contributed by atoms with E-state index in [1.165, 1.54) is 0 Å². The number of carbonyl (C=O) groups excluding carboxylic acids is 1. The molecule has 1 aromatic carbocycles. The maximum Gasteiger partial charge on any atom is 0.166 e. The van der Waals surface area contributed by atoms with Gasteiger partial charge in [0.05, 0.1) is 7.11 Å². The molecular formula is C15H24O3. The lowest BCUT2D eigenvalue weighted by molar-refractivity contribution is 0.0907. The van der Waals surface area contributed by atoms with Gasteiger partial charge >= 0.3 is 0 Å². The van der Waals surface area contributed by atoms with Crippen LogP contribution in [0.25, 0.3) is 0 Å². The van der Waals surface area contributed by atoms with Crippen LogP contribution in [0.15, 0.2) is 18.2 Å². The van der Waals surface area contributed by atoms with Gasteiger partial charge in [-0.2, -0.15) is 0 Å². The van der Waals surface area contributed by atoms with Gasteiger partial charge in [-0.25, -0.2) is 0 Å². The first-order valence-electron chi connectivity index (χ1n) is 6.40. The molecule has 3 nitrogen and oxygen atoms in total. The van der Waals surface area contributed by atoms with E-state index in [9.17, 15) is 4.79 Å². The Morgan fingerprint density at radius 1 is 1.39 bits per heavy atom. The number of aliphatic hydroxyl groups is 1. The van der Waals surface area contributed by atoms with Gasteiger partial charge in [0.2, 0.25) is 0 Å². The highest BCUT2D eigenvalue weighted by Crippen LogP contribution is 2.20. The van der Waals surface area contributed by atoms with Gasteiger partial charge in [-0.15, -0.1) is 0 Å². The van der Waals surface area contributed by atoms with Crippen LogP contribution < -0.4 is 4.74 Å². The minimum absolute atomic E-state index is 0.0438. The quantitative estimate of drug-likeness (QED) is 0.818. The van der Waals surface area contributed by atoms with Crippen molar-refractivity contribution < 1.29 is 14.6 Å². The van der Waals surface area contributed by atoms with E-state index < -0.39 is 0 Å². The third-order valence-corrected chi connectivity index (χ3v) is 2.71. The second-order valence-corrected chi connectivity index (χ2v) is 3.96. The lowest BCUT2D eigenvalue weighted by Gasteiger charge is -2.11. The number of Topliss-reactive ketones (excluding diaryl/α,β-unsaturated/α-hetero) is 1. The summed E-state index contributed by atoms with van der Waals surface area (Å²) in [4.78, 5) is 12.0. The maximum absolute atomic E-state index is 12.0. The Bertz CT molecular complexity index is 372. The van der Waals surface area contributed by atoms with Crippen LogP contribution in [0.4, 0.5) is 0 Å². The summed E-state index contributed by atoms with van der Waals surface area (Å²) in [7, 11) is 1.60. The van der Waals surface area contributed by atoms with Gasteiger partial charge in [-0.05, 0) is 37.1 Å². The van der Waals surface area contributed by atoms with Gasteiger partial charge in [0, 0.05) is 18.1 Å². The molecule has 0 amide bonds. The molecule has 0 fully saturated rings. The third-order valence-electron chi connectivity index (χ3n) is 2.71. The predicted molar refractivity (Wildman–Crippen MR) is 74.3 cm³/mol. The third kappa shape index (κ3) is 4.49. The van der Waals surface area contributed by atoms with Crippen LogP contribution in [0.2, 0.25) is 0 Å². The van der Waals surface area contributed by atoms with E-state index in [0.717, 1.165) is 11.3 Å². The number of aryl methyl sites for hydroxylation is 1. The molecule has 18 heavy (non-hydrogen) atoms. The van der Waals surface area contributed by atoms with E-state index in [-0.39, 0.29) is 18.3 Å². The first kappa shape index (κ1) is 16.6. The first-order chi connectivity index (χ1) is 8.60. The van der Waals surface area contributed by atoms with E-state index in [2.05, 4.69) is 0 Å². The SMILES string of the molecule is CC.COc1ccc(C(=O)C(C)CCO)c(C)c1. The average Bonchev–Trinajstić information content (AvgIpc) is 2.40. The standard InChI is InChI=1S/C13H18O3.C2H6/c1-9(6-7-14)13(15)12-5-4-11(16-3)8-10(12)2;1-2/h4-5,8-9,14H,6-7H2,1-3H3;1-2H3. The molecule has 1 atom stereocenters. The Morgan fingerprint density at radius 3 is 2.44 bits per heavy atom. The fraction of sp³-hybridized carbons (Fsp3) is 0.533. The van der Waals surface area contributed by atoms with Crippen molar-refractivity contribution >= 4 is 5.78 Å². The minimum atomic E-state index is -0.142. The van der Waals surface area contributed by atoms with Crippen molar-refractivity contribution in [3.63, 3.8) is 0 Å². The maximum atomic E-state index is 12.0. The second-order valence-electron chi connectivity index (χ2n) is 3.96. The highest BCUT2D eigenvalue weighted by molar-refractivity contribution is 5.99. The van der Waals surface area contributed by atoms with Gasteiger partial charge < -0.3 is 9.84 Å². The van der Waals surface area contributed by atoms with Crippen LogP contribution >= 0.6 is 0 Å². The number of hydrogen-bond donors (Lipinski definition) is 1. The molecule has 1 N–H and O–H groups in total. The Balaban J connectivity index is 0.00000137. The number of ketones is 1. The summed E-state index contributed by atoms with van der Waals surface area (Å²) in [5.41, 5.74) is 1.62. The molecule has 1 aromatic rings. The highest BCUT2D eigenvalue weighted by atomic mass is 16.5. The Hall–Kier alpha value is -1.35. The number of ether oxygens (including phenoxy) is 1. The van der Waals surface area contributed by atoms with Crippen molar-refractivity contribution in [2.45, 2.75) is 34.1 Å². The zero-order valence-corrected chi connectivity index (χ0v) is 12.0. The molecule has 0 aliphatic rings. The number of benzene rings is 1. The fourth-order valence-electron chi connectivity index (χ4n) is 1.63. The van der Waals surface area contributed by atoms with Gasteiger partial charge in [-0.1, -0.05) is 20.8 Å². The van der Waals surface area contributed by atoms with Crippen molar-refractivity contribution in [3.8, 4) is 5.75 Å². The van der Waals surface area contributed by atoms with Crippen LogP contribution in [0, 0.1) is 12.8 Å². The first-order valence-corrected chi connectivity index (χ1v) is 6.40. The molecule has 0 bridgehead atoms. The molecule has 0 heterocycles. The Kier molecular flexibility index (Phi) is 8.05. The second kappa shape index (κ2) is 8.70. The van der Waals surface area contributed by atoms with Crippen LogP contribution in [-0.2, 0) is 0 Å². The van der Waals surface area contributed by atoms with Gasteiger partial charge in [0.25, 0.3) is 0 Å². The summed E-state index contributed by atoms with van der Waals surface area (Å²) in [6, 6.07) is 5.41. The summed E-state index contributed by atoms with van der Waals surface area (Å²) >= 11 is 0. The zero-order chi connectivity index (χ0) is 14.1. The minimum Gasteiger partial charge on any atom is -0.497 e. The van der Waals surface area contributed by atoms with Crippen molar-refractivity contribution in [1.82, 2.24) is 0 Å². The summed E-state index contributed by atoms with van der Waals surface area (Å²) in [5, 5.41) is 8.81. The largest absolute Gasteiger partial charge is 0.497 e. The van der Waals surface area contributed by atoms with Gasteiger partial charge in [0.15, 0.2) is 5.78 Å². The molecule has 1 unspecified atom stereocenters. The summed E-state index contributed by atoms with van der Waals surface area (Å²) in [6.07, 6.45) is 0.504. The summed E-state index contributed by atoms with van der Waals surface area (Å²) in [6.45, 7) is 7.77. The fourth-order valence-corrected chi connectivity index (χ4v) is 1.63. The van der Waals surface area contributed by atoms with E-state index in [1.54, 1.807) is 19.2 Å². The number of aliphatic hydroxyl groups excluding tert-OH is 1. The summed E-state index contributed by atoms with van der Waals surface area (Å²) in [5.74, 6) is 0.690. The molecule has 3 heteroatoms. The van der Waals surface area contributed by atoms with Crippen molar-refractivity contribution in [2.24, 2.45) is 5.92 Å². The number of rotatable bonds is 5. The molecule has 0 aliphatic carbocycles. The van der Waals surface area contributed by atoms with Crippen LogP contribution in [0.5, 0.6) is 5.75 Å². The van der Waals surface area contributed by atoms with E-state index >= 15 is 0 Å². The van der Waals surface area contributed by atoms with Crippen LogP contribution in [0.3, 0.4) is 0 Å². The van der Waals surface area contributed by atoms with Crippen molar-refractivity contribution in [2.75, 3.05) is 13.7 Å². The van der Waals surface area contributed by atoms with E-state index in [4.69, 9.17) is 9.84 Å². The van der Waals surface area contributed by atoms with Crippen LogP contribution in [0.1, 0.15) is 43.1 Å². The molecule has 0 aliphatic heterocycles. The topological polar surface area (TPSA) is 46.5 Å². The number of carbonyl (C=O) groups is 1. The molecule has 0 saturated heterocycles. The number of methoxy groups -OCH3 is 1. The van der Waals surface area contributed by atoms with E-state index in [1.807, 2.05) is 33.8 Å². The average molecular weight is 252 g/mol. The van der Waals surface area contributed by atoms with Gasteiger partial charge in [-0.3, -0.25) is 4.79 Å². The zero-order valence-electron chi connectivity index (χ0n) is 12.0. The highest BCUT2D eigenvalue weighted by Gasteiger charge is 2.16. The smallest absolute Gasteiger partial charge is 0.166 e. The van der Waals surface area contributed by atoms with E-state index in [0.29, 0.717) is 12.0 Å². The summed E-state index contributed by atoms with van der Waals surface area (Å²) < 4.78 is 5.09. The van der Waals surface area contributed by atoms with Crippen LogP contribution in [-0.4, -0.2) is 24.6 Å². The normalized spacial score (nSPS) is 11.2. The Morgan fingerprint density at radius 2 is 2.00 bits per heavy atom.